The van der Waals surface area contributed by atoms with Gasteiger partial charge in [0.05, 0.1) is 6.26 Å². The molecule has 0 saturated heterocycles. The van der Waals surface area contributed by atoms with E-state index < -0.39 is 0 Å². The van der Waals surface area contributed by atoms with Gasteiger partial charge in [0.15, 0.2) is 0 Å². The molecule has 0 aromatic heterocycles. The van der Waals surface area contributed by atoms with Crippen molar-refractivity contribution in [2.24, 2.45) is 0 Å². The van der Waals surface area contributed by atoms with Crippen LogP contribution in [0.3, 0.4) is 0 Å². The summed E-state index contributed by atoms with van der Waals surface area (Å²) in [7, 11) is 0. The molecule has 0 spiro atoms. The predicted molar refractivity (Wildman–Crippen MR) is 44.9 cm³/mol. The van der Waals surface area contributed by atoms with Crippen LogP contribution < -0.4 is 0 Å². The summed E-state index contributed by atoms with van der Waals surface area (Å²) in [5.41, 5.74) is 0.471. The van der Waals surface area contributed by atoms with Crippen molar-refractivity contribution in [3.05, 3.63) is 37.1 Å². The Morgan fingerprint density at radius 2 is 2.27 bits per heavy atom. The molecule has 0 aliphatic carbocycles. The summed E-state index contributed by atoms with van der Waals surface area (Å²) in [6, 6.07) is 0. The third-order valence-electron chi connectivity index (χ3n) is 1.11. The normalized spacial score (nSPS) is 9.55. The summed E-state index contributed by atoms with van der Waals surface area (Å²) in [6.45, 7) is 8.79. The highest BCUT2D eigenvalue weighted by Gasteiger charge is 2.02. The number of hydrogen-bond acceptors (Lipinski definition) is 2. The molecule has 2 heteroatoms. The van der Waals surface area contributed by atoms with E-state index in [-0.39, 0.29) is 5.97 Å². The molecule has 0 rings (SSSR count). The highest BCUT2D eigenvalue weighted by Crippen LogP contribution is 1.99. The summed E-state index contributed by atoms with van der Waals surface area (Å²) >= 11 is 0. The van der Waals surface area contributed by atoms with E-state index >= 15 is 0 Å². The molecule has 0 fully saturated rings. The third kappa shape index (κ3) is 4.14. The second-order valence-electron chi connectivity index (χ2n) is 1.93. The number of esters is 1. The van der Waals surface area contributed by atoms with Crippen LogP contribution >= 0.6 is 0 Å². The Morgan fingerprint density at radius 3 is 2.73 bits per heavy atom. The zero-order valence-electron chi connectivity index (χ0n) is 6.67. The number of carbonyl (C=O) groups is 1. The third-order valence-corrected chi connectivity index (χ3v) is 1.11. The molecule has 0 amide bonds. The fraction of sp³-hybridized carbons (Fsp3) is 0.222. The van der Waals surface area contributed by atoms with E-state index in [1.807, 2.05) is 6.92 Å². The largest absolute Gasteiger partial charge is 0.431 e. The lowest BCUT2D eigenvalue weighted by Crippen LogP contribution is -2.01. The van der Waals surface area contributed by atoms with Crippen molar-refractivity contribution in [2.45, 2.75) is 13.3 Å². The number of ether oxygens (including phenoxy) is 1. The number of carbonyl (C=O) groups excluding carboxylic acids is 1. The van der Waals surface area contributed by atoms with Crippen LogP contribution in [0.2, 0.25) is 0 Å². The molecule has 0 bridgehead atoms. The minimum atomic E-state index is -0.384. The Morgan fingerprint density at radius 1 is 1.64 bits per heavy atom. The molecule has 0 heterocycles. The lowest BCUT2D eigenvalue weighted by Gasteiger charge is -1.97. The molecule has 0 aromatic carbocycles. The van der Waals surface area contributed by atoms with Gasteiger partial charge in [-0.25, -0.2) is 4.79 Å². The average Bonchev–Trinajstić information content (AvgIpc) is 2.03. The standard InChI is InChI=1S/C9H12O2/c1-4-6-7-11-9(10)8(3)5-2/h4,6-7H,1,3,5H2,2H3/b7-6+. The van der Waals surface area contributed by atoms with E-state index in [1.54, 1.807) is 6.08 Å². The van der Waals surface area contributed by atoms with Gasteiger partial charge in [-0.1, -0.05) is 26.2 Å². The van der Waals surface area contributed by atoms with Crippen molar-refractivity contribution < 1.29 is 9.53 Å². The summed E-state index contributed by atoms with van der Waals surface area (Å²) in [4.78, 5) is 10.8. The first-order valence-corrected chi connectivity index (χ1v) is 3.38. The van der Waals surface area contributed by atoms with Gasteiger partial charge in [-0.05, 0) is 12.5 Å². The Balaban J connectivity index is 3.78. The van der Waals surface area contributed by atoms with E-state index in [1.165, 1.54) is 12.3 Å². The maximum Gasteiger partial charge on any atom is 0.338 e. The van der Waals surface area contributed by atoms with Crippen LogP contribution in [-0.2, 0) is 9.53 Å². The predicted octanol–water partition coefficient (Wildman–Crippen LogP) is 2.20. The van der Waals surface area contributed by atoms with Crippen molar-refractivity contribution >= 4 is 5.97 Å². The Hall–Kier alpha value is -1.31. The van der Waals surface area contributed by atoms with Crippen molar-refractivity contribution in [1.82, 2.24) is 0 Å². The van der Waals surface area contributed by atoms with Gasteiger partial charge in [-0.3, -0.25) is 0 Å². The van der Waals surface area contributed by atoms with Gasteiger partial charge in [0.1, 0.15) is 0 Å². The van der Waals surface area contributed by atoms with E-state index in [9.17, 15) is 4.79 Å². The van der Waals surface area contributed by atoms with Crippen LogP contribution in [-0.4, -0.2) is 5.97 Å². The van der Waals surface area contributed by atoms with Crippen LogP contribution in [0, 0.1) is 0 Å². The number of rotatable bonds is 4. The average molecular weight is 152 g/mol. The van der Waals surface area contributed by atoms with Crippen molar-refractivity contribution in [1.29, 1.82) is 0 Å². The zero-order valence-corrected chi connectivity index (χ0v) is 6.67. The molecule has 0 radical (unpaired) electrons. The molecule has 0 unspecified atom stereocenters. The fourth-order valence-electron chi connectivity index (χ4n) is 0.384. The Kier molecular flexibility index (Phi) is 4.82. The van der Waals surface area contributed by atoms with Crippen molar-refractivity contribution in [3.63, 3.8) is 0 Å². The second-order valence-corrected chi connectivity index (χ2v) is 1.93. The first-order valence-electron chi connectivity index (χ1n) is 3.38. The first kappa shape index (κ1) is 9.69. The summed E-state index contributed by atoms with van der Waals surface area (Å²) in [5.74, 6) is -0.384. The monoisotopic (exact) mass is 152 g/mol. The van der Waals surface area contributed by atoms with Crippen LogP contribution in [0.4, 0.5) is 0 Å². The lowest BCUT2D eigenvalue weighted by molar-refractivity contribution is -0.133. The van der Waals surface area contributed by atoms with E-state index in [2.05, 4.69) is 17.9 Å². The van der Waals surface area contributed by atoms with Crippen molar-refractivity contribution in [2.75, 3.05) is 0 Å². The molecule has 0 saturated carbocycles. The van der Waals surface area contributed by atoms with Gasteiger partial charge >= 0.3 is 5.97 Å². The zero-order chi connectivity index (χ0) is 8.69. The maximum atomic E-state index is 10.8. The quantitative estimate of drug-likeness (QED) is 0.267. The molecule has 0 atom stereocenters. The van der Waals surface area contributed by atoms with Gasteiger partial charge in [-0.15, -0.1) is 0 Å². The SMILES string of the molecule is C=C/C=C/OC(=O)C(=C)CC. The Labute approximate surface area is 66.9 Å². The molecule has 60 valence electrons. The minimum absolute atomic E-state index is 0.384. The first-order chi connectivity index (χ1) is 5.22. The topological polar surface area (TPSA) is 26.3 Å². The Bertz CT molecular complexity index is 190. The highest BCUT2D eigenvalue weighted by molar-refractivity contribution is 5.87. The van der Waals surface area contributed by atoms with Gasteiger partial charge < -0.3 is 4.74 Å². The van der Waals surface area contributed by atoms with E-state index in [4.69, 9.17) is 0 Å². The van der Waals surface area contributed by atoms with Crippen LogP contribution in [0.1, 0.15) is 13.3 Å². The minimum Gasteiger partial charge on any atom is -0.431 e. The molecular formula is C9H12O2. The van der Waals surface area contributed by atoms with Crippen LogP contribution in [0.5, 0.6) is 0 Å². The number of allylic oxidation sites excluding steroid dienone is 2. The summed E-state index contributed by atoms with van der Waals surface area (Å²) in [6.07, 6.45) is 4.97. The summed E-state index contributed by atoms with van der Waals surface area (Å²) in [5, 5.41) is 0. The van der Waals surface area contributed by atoms with Crippen LogP contribution in [0.25, 0.3) is 0 Å². The smallest absolute Gasteiger partial charge is 0.338 e. The van der Waals surface area contributed by atoms with Crippen molar-refractivity contribution in [3.8, 4) is 0 Å². The molecule has 0 N–H and O–H groups in total. The highest BCUT2D eigenvalue weighted by atomic mass is 16.5. The lowest BCUT2D eigenvalue weighted by atomic mass is 10.2. The summed E-state index contributed by atoms with van der Waals surface area (Å²) < 4.78 is 4.64. The van der Waals surface area contributed by atoms with Gasteiger partial charge in [0.2, 0.25) is 0 Å². The molecule has 11 heavy (non-hydrogen) atoms. The fourth-order valence-corrected chi connectivity index (χ4v) is 0.384. The van der Waals surface area contributed by atoms with Gasteiger partial charge in [-0.2, -0.15) is 0 Å². The molecule has 0 aliphatic rings. The number of hydrogen-bond donors (Lipinski definition) is 0. The van der Waals surface area contributed by atoms with E-state index in [0.29, 0.717) is 12.0 Å². The molecule has 0 aromatic rings. The van der Waals surface area contributed by atoms with E-state index in [0.717, 1.165) is 0 Å². The second kappa shape index (κ2) is 5.47. The molecular weight excluding hydrogens is 140 g/mol. The maximum absolute atomic E-state index is 10.8. The van der Waals surface area contributed by atoms with Crippen LogP contribution in [0.15, 0.2) is 37.1 Å². The van der Waals surface area contributed by atoms with Gasteiger partial charge in [0.25, 0.3) is 0 Å². The molecule has 0 aliphatic heterocycles. The molecule has 2 nitrogen and oxygen atoms in total. The van der Waals surface area contributed by atoms with Gasteiger partial charge in [0, 0.05) is 5.57 Å².